The lowest BCUT2D eigenvalue weighted by atomic mass is 9.73. The Labute approximate surface area is 137 Å². The van der Waals surface area contributed by atoms with E-state index in [4.69, 9.17) is 4.74 Å². The molecule has 4 rings (SSSR count). The number of rotatable bonds is 4. The van der Waals surface area contributed by atoms with Gasteiger partial charge in [0.25, 0.3) is 5.91 Å². The van der Waals surface area contributed by atoms with Crippen LogP contribution in [-0.4, -0.2) is 53.7 Å². The number of nitrogens with zero attached hydrogens (tertiary/aromatic N) is 2. The van der Waals surface area contributed by atoms with Crippen LogP contribution in [0.3, 0.4) is 0 Å². The number of amides is 1. The van der Waals surface area contributed by atoms with E-state index in [2.05, 4.69) is 22.1 Å². The molecule has 3 fully saturated rings. The van der Waals surface area contributed by atoms with E-state index in [-0.39, 0.29) is 11.5 Å². The zero-order chi connectivity index (χ0) is 16.0. The van der Waals surface area contributed by atoms with Gasteiger partial charge in [-0.25, -0.2) is 0 Å². The van der Waals surface area contributed by atoms with Gasteiger partial charge in [-0.1, -0.05) is 6.92 Å². The number of ether oxygens (including phenoxy) is 1. The molecule has 5 nitrogen and oxygen atoms in total. The first-order valence-corrected chi connectivity index (χ1v) is 8.71. The molecule has 0 radical (unpaired) electrons. The molecule has 23 heavy (non-hydrogen) atoms. The molecule has 124 valence electrons. The Bertz CT molecular complexity index is 620. The van der Waals surface area contributed by atoms with Crippen molar-refractivity contribution < 1.29 is 9.53 Å². The first-order valence-electron chi connectivity index (χ1n) is 8.71. The minimum absolute atomic E-state index is 0.0247. The predicted octanol–water partition coefficient (Wildman–Crippen LogP) is 1.62. The second-order valence-electron chi connectivity index (χ2n) is 7.32. The number of likely N-dealkylation sites (N-methyl/N-ethyl adjacent to an activating group) is 1. The second-order valence-corrected chi connectivity index (χ2v) is 7.32. The highest BCUT2D eigenvalue weighted by Gasteiger charge is 2.62. The van der Waals surface area contributed by atoms with Gasteiger partial charge in [-0.05, 0) is 37.9 Å². The Morgan fingerprint density at radius 2 is 2.39 bits per heavy atom. The van der Waals surface area contributed by atoms with Crippen LogP contribution in [0, 0.1) is 18.8 Å². The summed E-state index contributed by atoms with van der Waals surface area (Å²) in [7, 11) is 0. The standard InChI is InChI=1S/C18H25N3O2/c1-3-21-10-15-14(16-4-5-18(15,11-21)23-16)9-20-17(22)13-6-12(2)7-19-8-13/h6-8,14-16H,3-5,9-11H2,1-2H3,(H,20,22)/t14-,15+,16+,18+/m0/s1. The van der Waals surface area contributed by atoms with Crippen molar-refractivity contribution in [3.63, 3.8) is 0 Å². The highest BCUT2D eigenvalue weighted by molar-refractivity contribution is 5.94. The summed E-state index contributed by atoms with van der Waals surface area (Å²) in [6, 6.07) is 1.88. The summed E-state index contributed by atoms with van der Waals surface area (Å²) in [5.74, 6) is 0.988. The molecule has 0 unspecified atom stereocenters. The lowest BCUT2D eigenvalue weighted by molar-refractivity contribution is 0.00317. The van der Waals surface area contributed by atoms with E-state index in [0.29, 0.717) is 30.0 Å². The van der Waals surface area contributed by atoms with Crippen LogP contribution in [0.15, 0.2) is 18.5 Å². The number of fused-ring (bicyclic) bond motifs is 1. The molecule has 3 aliphatic rings. The zero-order valence-electron chi connectivity index (χ0n) is 13.9. The first kappa shape index (κ1) is 15.1. The number of pyridine rings is 1. The summed E-state index contributed by atoms with van der Waals surface area (Å²) in [6.45, 7) is 8.14. The Morgan fingerprint density at radius 1 is 1.52 bits per heavy atom. The average Bonchev–Trinajstić information content (AvgIpc) is 3.20. The van der Waals surface area contributed by atoms with Gasteiger partial charge in [0.1, 0.15) is 0 Å². The van der Waals surface area contributed by atoms with E-state index in [1.165, 1.54) is 6.42 Å². The van der Waals surface area contributed by atoms with E-state index in [9.17, 15) is 4.79 Å². The summed E-state index contributed by atoms with van der Waals surface area (Å²) < 4.78 is 6.38. The van der Waals surface area contributed by atoms with Gasteiger partial charge < -0.3 is 15.0 Å². The van der Waals surface area contributed by atoms with E-state index in [1.54, 1.807) is 12.4 Å². The largest absolute Gasteiger partial charge is 0.370 e. The average molecular weight is 315 g/mol. The maximum Gasteiger partial charge on any atom is 0.252 e. The highest BCUT2D eigenvalue weighted by atomic mass is 16.5. The van der Waals surface area contributed by atoms with Gasteiger partial charge in [-0.3, -0.25) is 9.78 Å². The van der Waals surface area contributed by atoms with Crippen LogP contribution in [0.25, 0.3) is 0 Å². The van der Waals surface area contributed by atoms with Crippen molar-refractivity contribution in [3.05, 3.63) is 29.6 Å². The fourth-order valence-electron chi connectivity index (χ4n) is 4.79. The first-order chi connectivity index (χ1) is 11.1. The summed E-state index contributed by atoms with van der Waals surface area (Å²) in [4.78, 5) is 19.0. The molecule has 1 amide bonds. The molecule has 1 aromatic heterocycles. The number of hydrogen-bond donors (Lipinski definition) is 1. The number of hydrogen-bond acceptors (Lipinski definition) is 4. The maximum absolute atomic E-state index is 12.4. The third-order valence-electron chi connectivity index (χ3n) is 5.94. The van der Waals surface area contributed by atoms with E-state index < -0.39 is 0 Å². The SMILES string of the molecule is CCN1C[C@@H]2[C@H](CNC(=O)c3cncc(C)c3)[C@H]3CC[C@]2(C1)O3. The van der Waals surface area contributed by atoms with E-state index in [1.807, 2.05) is 13.0 Å². The van der Waals surface area contributed by atoms with Gasteiger partial charge in [-0.15, -0.1) is 0 Å². The van der Waals surface area contributed by atoms with Gasteiger partial charge in [0.05, 0.1) is 17.3 Å². The van der Waals surface area contributed by atoms with Crippen LogP contribution in [0.1, 0.15) is 35.7 Å². The van der Waals surface area contributed by atoms with Gasteiger partial charge in [-0.2, -0.15) is 0 Å². The summed E-state index contributed by atoms with van der Waals surface area (Å²) in [5, 5.41) is 3.12. The molecule has 0 aromatic carbocycles. The molecule has 5 heteroatoms. The summed E-state index contributed by atoms with van der Waals surface area (Å²) in [6.07, 6.45) is 6.05. The molecule has 4 atom stereocenters. The van der Waals surface area contributed by atoms with Gasteiger partial charge in [0.15, 0.2) is 0 Å². The molecule has 0 saturated carbocycles. The molecule has 4 heterocycles. The molecule has 1 N–H and O–H groups in total. The lowest BCUT2D eigenvalue weighted by Gasteiger charge is -2.29. The van der Waals surface area contributed by atoms with Crippen molar-refractivity contribution in [2.75, 3.05) is 26.2 Å². The number of aryl methyl sites for hydroxylation is 1. The zero-order valence-corrected chi connectivity index (χ0v) is 13.9. The van der Waals surface area contributed by atoms with Crippen LogP contribution in [0.2, 0.25) is 0 Å². The van der Waals surface area contributed by atoms with E-state index >= 15 is 0 Å². The minimum atomic E-state index is -0.0247. The molecular weight excluding hydrogens is 290 g/mol. The van der Waals surface area contributed by atoms with Gasteiger partial charge in [0.2, 0.25) is 0 Å². The van der Waals surface area contributed by atoms with Crippen molar-refractivity contribution in [1.82, 2.24) is 15.2 Å². The Kier molecular flexibility index (Phi) is 3.65. The topological polar surface area (TPSA) is 54.5 Å². The number of carbonyl (C=O) groups is 1. The van der Waals surface area contributed by atoms with Crippen molar-refractivity contribution in [3.8, 4) is 0 Å². The Hall–Kier alpha value is -1.46. The highest BCUT2D eigenvalue weighted by Crippen LogP contribution is 2.54. The van der Waals surface area contributed by atoms with Crippen molar-refractivity contribution in [1.29, 1.82) is 0 Å². The van der Waals surface area contributed by atoms with Gasteiger partial charge >= 0.3 is 0 Å². The fourth-order valence-corrected chi connectivity index (χ4v) is 4.79. The van der Waals surface area contributed by atoms with Gasteiger partial charge in [0, 0.05) is 43.9 Å². The van der Waals surface area contributed by atoms with Crippen LogP contribution < -0.4 is 5.32 Å². The molecule has 3 saturated heterocycles. The monoisotopic (exact) mass is 315 g/mol. The molecule has 1 spiro atoms. The Morgan fingerprint density at radius 3 is 3.17 bits per heavy atom. The van der Waals surface area contributed by atoms with Crippen LogP contribution in [0.4, 0.5) is 0 Å². The van der Waals surface area contributed by atoms with Crippen LogP contribution >= 0.6 is 0 Å². The van der Waals surface area contributed by atoms with Crippen molar-refractivity contribution in [2.45, 2.75) is 38.4 Å². The Balaban J connectivity index is 1.43. The van der Waals surface area contributed by atoms with Crippen molar-refractivity contribution in [2.24, 2.45) is 11.8 Å². The number of carbonyl (C=O) groups excluding carboxylic acids is 1. The number of likely N-dealkylation sites (tertiary alicyclic amines) is 1. The summed E-state index contributed by atoms with van der Waals surface area (Å²) in [5.41, 5.74) is 1.72. The third kappa shape index (κ3) is 2.46. The molecule has 1 aromatic rings. The van der Waals surface area contributed by atoms with Crippen LogP contribution in [-0.2, 0) is 4.74 Å². The molecular formula is C18H25N3O2. The lowest BCUT2D eigenvalue weighted by Crippen LogP contribution is -2.41. The maximum atomic E-state index is 12.4. The number of aromatic nitrogens is 1. The third-order valence-corrected chi connectivity index (χ3v) is 5.94. The summed E-state index contributed by atoms with van der Waals surface area (Å²) >= 11 is 0. The molecule has 3 aliphatic heterocycles. The molecule has 0 aliphatic carbocycles. The van der Waals surface area contributed by atoms with Crippen LogP contribution in [0.5, 0.6) is 0 Å². The predicted molar refractivity (Wildman–Crippen MR) is 87.2 cm³/mol. The quantitative estimate of drug-likeness (QED) is 0.917. The minimum Gasteiger partial charge on any atom is -0.370 e. The normalized spacial score (nSPS) is 35.5. The number of nitrogens with one attached hydrogen (secondary N) is 1. The van der Waals surface area contributed by atoms with E-state index in [0.717, 1.165) is 31.6 Å². The van der Waals surface area contributed by atoms with Crippen molar-refractivity contribution >= 4 is 5.91 Å². The smallest absolute Gasteiger partial charge is 0.252 e. The second kappa shape index (κ2) is 5.56. The molecule has 2 bridgehead atoms. The fraction of sp³-hybridized carbons (Fsp3) is 0.667.